The van der Waals surface area contributed by atoms with E-state index in [-0.39, 0.29) is 16.2 Å². The molecule has 190 valence electrons. The second kappa shape index (κ2) is 9.59. The first-order valence-electron chi connectivity index (χ1n) is 9.43. The number of hydrogen-bond acceptors (Lipinski definition) is 5. The van der Waals surface area contributed by atoms with Crippen molar-refractivity contribution in [1.82, 2.24) is 0 Å². The predicted octanol–water partition coefficient (Wildman–Crippen LogP) is 4.52. The Morgan fingerprint density at radius 3 is 2.11 bits per heavy atom. The molecule has 0 spiro atoms. The largest absolute Gasteiger partial charge is 0.618 e. The number of amides is 2. The van der Waals surface area contributed by atoms with E-state index in [1.807, 2.05) is 5.32 Å². The molecule has 0 aliphatic heterocycles. The van der Waals surface area contributed by atoms with Crippen molar-refractivity contribution in [3.05, 3.63) is 82.6 Å². The van der Waals surface area contributed by atoms with Gasteiger partial charge in [-0.05, 0) is 36.4 Å². The molecule has 8 nitrogen and oxygen atoms in total. The average Bonchev–Trinajstić information content (AvgIpc) is 2.74. The number of hydrogen-bond donors (Lipinski definition) is 2. The Hall–Kier alpha value is -4.56. The van der Waals surface area contributed by atoms with Gasteiger partial charge in [0.25, 0.3) is 11.6 Å². The van der Waals surface area contributed by atoms with E-state index in [4.69, 9.17) is 10.5 Å². The Bertz CT molecular complexity index is 1310. The fraction of sp³-hybridized carbons (Fsp3) is 0.0952. The maximum atomic E-state index is 14.9. The third-order valence-electron chi connectivity index (χ3n) is 4.35. The van der Waals surface area contributed by atoms with Crippen LogP contribution in [0.25, 0.3) is 0 Å². The Labute approximate surface area is 196 Å². The van der Waals surface area contributed by atoms with Gasteiger partial charge in [-0.25, -0.2) is 4.39 Å². The molecule has 3 N–H and O–H groups in total. The van der Waals surface area contributed by atoms with Crippen LogP contribution in [-0.4, -0.2) is 18.2 Å². The van der Waals surface area contributed by atoms with E-state index in [1.165, 1.54) is 0 Å². The lowest BCUT2D eigenvalue weighted by Gasteiger charge is -2.16. The summed E-state index contributed by atoms with van der Waals surface area (Å²) in [4.78, 5) is 24.1. The van der Waals surface area contributed by atoms with Gasteiger partial charge in [0.2, 0.25) is 0 Å². The summed E-state index contributed by atoms with van der Waals surface area (Å²) in [6.45, 7) is 0. The van der Waals surface area contributed by atoms with Crippen LogP contribution in [0.1, 0.15) is 26.4 Å². The van der Waals surface area contributed by atoms with E-state index in [2.05, 4.69) is 4.74 Å². The molecule has 0 bridgehead atoms. The number of nitrogens with zero attached hydrogens (tertiary/aromatic N) is 1. The first-order chi connectivity index (χ1) is 16.7. The first-order valence-corrected chi connectivity index (χ1v) is 9.43. The minimum Gasteiger partial charge on any atom is -0.618 e. The van der Waals surface area contributed by atoms with Gasteiger partial charge in [0, 0.05) is 12.1 Å². The van der Waals surface area contributed by atoms with E-state index in [1.54, 1.807) is 0 Å². The lowest BCUT2D eigenvalue weighted by molar-refractivity contribution is -0.607. The second-order valence-electron chi connectivity index (χ2n) is 6.86. The summed E-state index contributed by atoms with van der Waals surface area (Å²) in [5.41, 5.74) is 1.07. The van der Waals surface area contributed by atoms with Crippen LogP contribution in [0.5, 0.6) is 17.2 Å². The summed E-state index contributed by atoms with van der Waals surface area (Å²) in [6.07, 6.45) is -9.42. The molecule has 1 aromatic heterocycles. The van der Waals surface area contributed by atoms with Gasteiger partial charge in [0.1, 0.15) is 22.8 Å². The maximum absolute atomic E-state index is 14.9. The van der Waals surface area contributed by atoms with Crippen LogP contribution in [0.15, 0.2) is 54.7 Å². The van der Waals surface area contributed by atoms with Crippen molar-refractivity contribution in [3.8, 4) is 17.2 Å². The molecule has 15 heteroatoms. The number of anilines is 1. The Morgan fingerprint density at radius 2 is 1.56 bits per heavy atom. The lowest BCUT2D eigenvalue weighted by Crippen LogP contribution is -2.37. The van der Waals surface area contributed by atoms with E-state index >= 15 is 0 Å². The molecule has 0 aliphatic carbocycles. The molecule has 0 fully saturated rings. The number of halogens is 7. The number of nitrogens with one attached hydrogen (secondary N) is 1. The summed E-state index contributed by atoms with van der Waals surface area (Å²) in [7, 11) is 0. The number of carbonyl (C=O) groups is 2. The molecule has 2 amide bonds. The van der Waals surface area contributed by atoms with Crippen molar-refractivity contribution < 1.29 is 54.5 Å². The van der Waals surface area contributed by atoms with Crippen molar-refractivity contribution >= 4 is 17.5 Å². The molecule has 0 saturated heterocycles. The highest BCUT2D eigenvalue weighted by molar-refractivity contribution is 6.07. The normalized spacial score (nSPS) is 11.6. The zero-order chi connectivity index (χ0) is 26.8. The van der Waals surface area contributed by atoms with Gasteiger partial charge in [-0.3, -0.25) is 9.59 Å². The average molecular weight is 519 g/mol. The van der Waals surface area contributed by atoms with E-state index in [0.29, 0.717) is 12.1 Å². The Morgan fingerprint density at radius 1 is 0.944 bits per heavy atom. The topological polar surface area (TPSA) is 118 Å². The maximum Gasteiger partial charge on any atom is 0.573 e. The van der Waals surface area contributed by atoms with Crippen LogP contribution in [-0.2, 0) is 6.18 Å². The molecule has 0 aliphatic rings. The number of primary amides is 1. The molecule has 0 saturated carbocycles. The standard InChI is InChI=1S/C21H12F7N3O5/c22-17-13(20(23,24)25)5-6-15(35-11-1-3-12(4-2-11)36-21(26,27)28)16(17)19(33)30-10-7-8-31(34)14(9-10)18(29)32/h1-9H,(H2,29,32)(H,30,33). The lowest BCUT2D eigenvalue weighted by atomic mass is 10.1. The third kappa shape index (κ3) is 6.11. The van der Waals surface area contributed by atoms with E-state index in [0.717, 1.165) is 42.6 Å². The van der Waals surface area contributed by atoms with Gasteiger partial charge in [0.15, 0.2) is 12.0 Å². The number of benzene rings is 2. The van der Waals surface area contributed by atoms with Crippen molar-refractivity contribution in [1.29, 1.82) is 0 Å². The van der Waals surface area contributed by atoms with Crippen LogP contribution in [0.3, 0.4) is 0 Å². The zero-order valence-electron chi connectivity index (χ0n) is 17.4. The molecular weight excluding hydrogens is 507 g/mol. The molecule has 1 heterocycles. The molecule has 2 aromatic carbocycles. The highest BCUT2D eigenvalue weighted by Gasteiger charge is 2.37. The SMILES string of the molecule is NC(=O)c1cc(NC(=O)c2c(Oc3ccc(OC(F)(F)F)cc3)ccc(C(F)(F)F)c2F)cc[n+]1[O-]. The van der Waals surface area contributed by atoms with Gasteiger partial charge in [-0.1, -0.05) is 0 Å². The van der Waals surface area contributed by atoms with Gasteiger partial charge < -0.3 is 25.7 Å². The predicted molar refractivity (Wildman–Crippen MR) is 106 cm³/mol. The fourth-order valence-corrected chi connectivity index (χ4v) is 2.85. The highest BCUT2D eigenvalue weighted by Crippen LogP contribution is 2.38. The van der Waals surface area contributed by atoms with E-state index < -0.39 is 58.5 Å². The van der Waals surface area contributed by atoms with Gasteiger partial charge in [-0.2, -0.15) is 17.9 Å². The van der Waals surface area contributed by atoms with Crippen molar-refractivity contribution in [2.45, 2.75) is 12.5 Å². The first kappa shape index (κ1) is 26.1. The smallest absolute Gasteiger partial charge is 0.573 e. The highest BCUT2D eigenvalue weighted by atomic mass is 19.4. The monoisotopic (exact) mass is 519 g/mol. The molecule has 0 unspecified atom stereocenters. The minimum absolute atomic E-state index is 0.0591. The van der Waals surface area contributed by atoms with Crippen molar-refractivity contribution in [2.75, 3.05) is 5.32 Å². The van der Waals surface area contributed by atoms with Crippen LogP contribution < -0.4 is 25.3 Å². The van der Waals surface area contributed by atoms with Crippen molar-refractivity contribution in [2.24, 2.45) is 5.73 Å². The third-order valence-corrected chi connectivity index (χ3v) is 4.35. The second-order valence-corrected chi connectivity index (χ2v) is 6.86. The van der Waals surface area contributed by atoms with Gasteiger partial charge in [-0.15, -0.1) is 13.2 Å². The minimum atomic E-state index is -5.20. The number of carbonyl (C=O) groups excluding carboxylic acids is 2. The number of aromatic nitrogens is 1. The van der Waals surface area contributed by atoms with Gasteiger partial charge >= 0.3 is 18.4 Å². The summed E-state index contributed by atoms with van der Waals surface area (Å²) in [5.74, 6) is -6.32. The number of pyridine rings is 1. The number of rotatable bonds is 6. The summed E-state index contributed by atoms with van der Waals surface area (Å²) in [5, 5.41) is 13.6. The number of alkyl halides is 6. The summed E-state index contributed by atoms with van der Waals surface area (Å²) >= 11 is 0. The summed E-state index contributed by atoms with van der Waals surface area (Å²) < 4.78 is 100. The number of ether oxygens (including phenoxy) is 2. The van der Waals surface area contributed by atoms with E-state index in [9.17, 15) is 45.5 Å². The molecule has 3 rings (SSSR count). The van der Waals surface area contributed by atoms with Crippen molar-refractivity contribution in [3.63, 3.8) is 0 Å². The molecule has 36 heavy (non-hydrogen) atoms. The number of nitrogens with two attached hydrogens (primary N) is 1. The van der Waals surface area contributed by atoms with Crippen LogP contribution in [0.4, 0.5) is 36.4 Å². The molecule has 3 aromatic rings. The Balaban J connectivity index is 1.99. The van der Waals surface area contributed by atoms with Crippen LogP contribution in [0.2, 0.25) is 0 Å². The fourth-order valence-electron chi connectivity index (χ4n) is 2.85. The molecule has 0 atom stereocenters. The van der Waals surface area contributed by atoms with Crippen LogP contribution in [0, 0.1) is 11.0 Å². The zero-order valence-corrected chi connectivity index (χ0v) is 17.4. The summed E-state index contributed by atoms with van der Waals surface area (Å²) in [6, 6.07) is 6.20. The molecular formula is C21H12F7N3O5. The Kier molecular flexibility index (Phi) is 6.94. The molecule has 0 radical (unpaired) electrons. The quantitative estimate of drug-likeness (QED) is 0.282. The van der Waals surface area contributed by atoms with Gasteiger partial charge in [0.05, 0.1) is 11.3 Å². The van der Waals surface area contributed by atoms with Crippen LogP contribution >= 0.6 is 0 Å².